The fourth-order valence-corrected chi connectivity index (χ4v) is 6.36. The minimum Gasteiger partial charge on any atom is -0.480 e. The molecule has 14 heteroatoms. The van der Waals surface area contributed by atoms with Gasteiger partial charge >= 0.3 is 6.18 Å². The van der Waals surface area contributed by atoms with Crippen molar-refractivity contribution in [2.75, 3.05) is 50.6 Å². The van der Waals surface area contributed by atoms with Crippen molar-refractivity contribution in [1.29, 1.82) is 0 Å². The maximum atomic E-state index is 13.3. The highest BCUT2D eigenvalue weighted by Crippen LogP contribution is 2.48. The number of morpholine rings is 1. The molecule has 45 heavy (non-hydrogen) atoms. The molecule has 2 amide bonds. The van der Waals surface area contributed by atoms with Crippen LogP contribution in [0.2, 0.25) is 0 Å². The Morgan fingerprint density at radius 1 is 1.22 bits per heavy atom. The van der Waals surface area contributed by atoms with Crippen molar-refractivity contribution in [1.82, 2.24) is 20.2 Å². The number of hydrogen-bond acceptors (Lipinski definition) is 8. The molecule has 5 atom stereocenters. The van der Waals surface area contributed by atoms with Crippen molar-refractivity contribution in [2.24, 2.45) is 17.8 Å². The smallest absolute Gasteiger partial charge is 0.419 e. The van der Waals surface area contributed by atoms with Crippen molar-refractivity contribution < 1.29 is 36.6 Å². The molecule has 5 unspecified atom stereocenters. The summed E-state index contributed by atoms with van der Waals surface area (Å²) in [6.45, 7) is 10.6. The molecule has 2 saturated carbocycles. The quantitative estimate of drug-likeness (QED) is 0.184. The molecule has 1 saturated heterocycles. The molecule has 0 radical (unpaired) electrons. The van der Waals surface area contributed by atoms with Crippen LogP contribution in [0, 0.1) is 23.6 Å². The number of hydrogen-bond donors (Lipinski definition) is 3. The number of ether oxygens (including phenoxy) is 2. The standard InChI is InChI=1S/C23H35N5O3.C8H5F4NO/c1-4-18(7-8-28-9-11-31-12-10-28)26-21-19(23(30-3)25-14-24-21)22(29)27-20-15(2)16-5-6-17(20)13-16;9-7-3-5(13-4-14)1-2-6(7)8(10,11)12/h4,14-18,20H,1,5-13H2,2-3H3,(H,27,29)(H,24,25,26);1-4H,(H,13,14). The second-order valence-electron chi connectivity index (χ2n) is 11.5. The van der Waals surface area contributed by atoms with E-state index < -0.39 is 17.6 Å². The highest BCUT2D eigenvalue weighted by Gasteiger charge is 2.46. The second-order valence-corrected chi connectivity index (χ2v) is 11.5. The van der Waals surface area contributed by atoms with E-state index in [1.807, 2.05) is 11.4 Å². The number of fused-ring (bicyclic) bond motifs is 2. The average Bonchev–Trinajstić information content (AvgIpc) is 3.62. The SMILES string of the molecule is C=CC(CCN1CCOCC1)Nc1ncnc(OC)c1C(=O)NC1C2CCC(C2)C1C.O=CNc1ccc(C(F)(F)F)c(F)c1. The first-order valence-corrected chi connectivity index (χ1v) is 15.0. The Bertz CT molecular complexity index is 1320. The van der Waals surface area contributed by atoms with Crippen LogP contribution in [0.15, 0.2) is 37.2 Å². The molecule has 10 nitrogen and oxygen atoms in total. The van der Waals surface area contributed by atoms with E-state index in [2.05, 4.69) is 39.0 Å². The van der Waals surface area contributed by atoms with Gasteiger partial charge in [-0.25, -0.2) is 14.4 Å². The minimum absolute atomic E-state index is 0.0181. The number of halogens is 4. The number of amides is 2. The Morgan fingerprint density at radius 3 is 2.56 bits per heavy atom. The van der Waals surface area contributed by atoms with Crippen molar-refractivity contribution in [3.8, 4) is 5.88 Å². The number of alkyl halides is 3. The van der Waals surface area contributed by atoms with Gasteiger partial charge in [-0.2, -0.15) is 13.2 Å². The Hall–Kier alpha value is -3.78. The predicted octanol–water partition coefficient (Wildman–Crippen LogP) is 4.75. The topological polar surface area (TPSA) is 118 Å². The third kappa shape index (κ3) is 8.69. The van der Waals surface area contributed by atoms with E-state index in [9.17, 15) is 27.2 Å². The van der Waals surface area contributed by atoms with Crippen LogP contribution in [0.4, 0.5) is 29.1 Å². The molecule has 1 aromatic heterocycles. The number of carbonyl (C=O) groups excluding carboxylic acids is 2. The van der Waals surface area contributed by atoms with Crippen molar-refractivity contribution in [3.05, 3.63) is 54.1 Å². The van der Waals surface area contributed by atoms with Gasteiger partial charge in [-0.3, -0.25) is 14.5 Å². The van der Waals surface area contributed by atoms with Crippen LogP contribution in [0.3, 0.4) is 0 Å². The van der Waals surface area contributed by atoms with E-state index in [4.69, 9.17) is 9.47 Å². The number of nitrogens with zero attached hydrogens (tertiary/aromatic N) is 3. The summed E-state index contributed by atoms with van der Waals surface area (Å²) >= 11 is 0. The lowest BCUT2D eigenvalue weighted by Gasteiger charge is -2.30. The zero-order valence-electron chi connectivity index (χ0n) is 25.4. The molecule has 1 aliphatic heterocycles. The van der Waals surface area contributed by atoms with Crippen molar-refractivity contribution in [3.63, 3.8) is 0 Å². The lowest BCUT2D eigenvalue weighted by molar-refractivity contribution is -0.140. The van der Waals surface area contributed by atoms with Gasteiger partial charge in [0.2, 0.25) is 12.3 Å². The molecule has 3 aliphatic rings. The lowest BCUT2D eigenvalue weighted by Crippen LogP contribution is -2.43. The molecule has 3 N–H and O–H groups in total. The Labute approximate surface area is 260 Å². The van der Waals surface area contributed by atoms with Crippen LogP contribution >= 0.6 is 0 Å². The molecule has 3 fully saturated rings. The number of anilines is 2. The fourth-order valence-electron chi connectivity index (χ4n) is 6.36. The van der Waals surface area contributed by atoms with Gasteiger partial charge in [-0.1, -0.05) is 13.0 Å². The zero-order valence-corrected chi connectivity index (χ0v) is 25.4. The van der Waals surface area contributed by atoms with Crippen molar-refractivity contribution in [2.45, 2.75) is 50.9 Å². The largest absolute Gasteiger partial charge is 0.480 e. The number of rotatable bonds is 11. The molecule has 2 aromatic rings. The fraction of sp³-hybridized carbons (Fsp3) is 0.548. The van der Waals surface area contributed by atoms with Crippen molar-refractivity contribution >= 4 is 23.8 Å². The van der Waals surface area contributed by atoms with E-state index in [1.54, 1.807) is 0 Å². The summed E-state index contributed by atoms with van der Waals surface area (Å²) in [5.41, 5.74) is -1.00. The zero-order chi connectivity index (χ0) is 32.6. The van der Waals surface area contributed by atoms with E-state index in [-0.39, 0.29) is 30.1 Å². The van der Waals surface area contributed by atoms with Gasteiger partial charge in [0.25, 0.3) is 5.91 Å². The summed E-state index contributed by atoms with van der Waals surface area (Å²) in [7, 11) is 1.53. The van der Waals surface area contributed by atoms with Crippen LogP contribution < -0.4 is 20.7 Å². The van der Waals surface area contributed by atoms with Crippen LogP contribution in [0.5, 0.6) is 5.88 Å². The van der Waals surface area contributed by atoms with Gasteiger partial charge in [0, 0.05) is 37.4 Å². The van der Waals surface area contributed by atoms with Gasteiger partial charge in [0.15, 0.2) is 0 Å². The lowest BCUT2D eigenvalue weighted by atomic mass is 9.86. The van der Waals surface area contributed by atoms with Crippen LogP contribution in [-0.2, 0) is 15.7 Å². The first-order chi connectivity index (χ1) is 21.5. The molecule has 246 valence electrons. The molecule has 1 aromatic carbocycles. The van der Waals surface area contributed by atoms with Crippen LogP contribution in [0.25, 0.3) is 0 Å². The molecule has 2 heterocycles. The van der Waals surface area contributed by atoms with Gasteiger partial charge < -0.3 is 25.4 Å². The number of aromatic nitrogens is 2. The summed E-state index contributed by atoms with van der Waals surface area (Å²) < 4.78 is 59.8. The van der Waals surface area contributed by atoms with E-state index in [1.165, 1.54) is 32.7 Å². The number of methoxy groups -OCH3 is 1. The van der Waals surface area contributed by atoms with Crippen LogP contribution in [-0.4, -0.2) is 79.2 Å². The number of benzene rings is 1. The van der Waals surface area contributed by atoms with Gasteiger partial charge in [-0.15, -0.1) is 6.58 Å². The Morgan fingerprint density at radius 2 is 1.96 bits per heavy atom. The molecule has 2 aliphatic carbocycles. The number of nitrogens with one attached hydrogen (secondary N) is 3. The molecule has 5 rings (SSSR count). The van der Waals surface area contributed by atoms with Gasteiger partial charge in [0.05, 0.1) is 25.9 Å². The third-order valence-corrected chi connectivity index (χ3v) is 8.83. The average molecular weight is 637 g/mol. The summed E-state index contributed by atoms with van der Waals surface area (Å²) in [5.74, 6) is 1.01. The highest BCUT2D eigenvalue weighted by molar-refractivity contribution is 6.01. The second kappa shape index (κ2) is 15.5. The van der Waals surface area contributed by atoms with E-state index in [0.717, 1.165) is 51.3 Å². The Balaban J connectivity index is 0.000000276. The van der Waals surface area contributed by atoms with E-state index in [0.29, 0.717) is 41.2 Å². The molecular formula is C31H40F4N6O4. The summed E-state index contributed by atoms with van der Waals surface area (Å²) in [6.07, 6.45) is 3.40. The number of carbonyl (C=O) groups is 2. The summed E-state index contributed by atoms with van der Waals surface area (Å²) in [6, 6.07) is 2.34. The molecular weight excluding hydrogens is 596 g/mol. The predicted molar refractivity (Wildman–Crippen MR) is 160 cm³/mol. The van der Waals surface area contributed by atoms with Gasteiger partial charge in [0.1, 0.15) is 23.5 Å². The minimum atomic E-state index is -4.72. The third-order valence-electron chi connectivity index (χ3n) is 8.83. The monoisotopic (exact) mass is 636 g/mol. The first-order valence-electron chi connectivity index (χ1n) is 15.0. The molecule has 2 bridgehead atoms. The summed E-state index contributed by atoms with van der Waals surface area (Å²) in [4.78, 5) is 34.2. The highest BCUT2D eigenvalue weighted by atomic mass is 19.4. The maximum Gasteiger partial charge on any atom is 0.419 e. The Kier molecular flexibility index (Phi) is 11.7. The van der Waals surface area contributed by atoms with Crippen LogP contribution in [0.1, 0.15) is 48.5 Å². The normalized spacial score (nSPS) is 23.3. The van der Waals surface area contributed by atoms with E-state index >= 15 is 0 Å². The maximum absolute atomic E-state index is 13.3. The first kappa shape index (κ1) is 34.1. The summed E-state index contributed by atoms with van der Waals surface area (Å²) in [5, 5.41) is 8.71. The molecule has 0 spiro atoms. The van der Waals surface area contributed by atoms with Gasteiger partial charge in [-0.05, 0) is 61.6 Å².